The number of alkyl halides is 3. The summed E-state index contributed by atoms with van der Waals surface area (Å²) in [6.45, 7) is 11.1. The van der Waals surface area contributed by atoms with Gasteiger partial charge in [0, 0.05) is 37.9 Å². The highest BCUT2D eigenvalue weighted by Crippen LogP contribution is 2.65. The van der Waals surface area contributed by atoms with Gasteiger partial charge in [-0.15, -0.1) is 0 Å². The molecule has 3 saturated carbocycles. The van der Waals surface area contributed by atoms with E-state index in [0.717, 1.165) is 30.5 Å². The van der Waals surface area contributed by atoms with Crippen LogP contribution in [0.15, 0.2) is 65.6 Å². The minimum Gasteiger partial charge on any atom is -0.404 e. The van der Waals surface area contributed by atoms with Gasteiger partial charge in [0.25, 0.3) is 5.56 Å². The van der Waals surface area contributed by atoms with Crippen molar-refractivity contribution in [1.82, 2.24) is 19.8 Å². The topological polar surface area (TPSA) is 135 Å². The van der Waals surface area contributed by atoms with Crippen molar-refractivity contribution in [2.24, 2.45) is 17.3 Å². The first-order valence-electron chi connectivity index (χ1n) is 21.0. The molecule has 59 heavy (non-hydrogen) atoms. The molecule has 2 amide bonds. The molecule has 6 aliphatic rings. The molecule has 4 heterocycles. The van der Waals surface area contributed by atoms with Gasteiger partial charge in [-0.25, -0.2) is 4.98 Å². The Morgan fingerprint density at radius 1 is 1.03 bits per heavy atom. The number of nitrogens with zero attached hydrogens (tertiary/aromatic N) is 3. The lowest BCUT2D eigenvalue weighted by Crippen LogP contribution is -2.65. The van der Waals surface area contributed by atoms with Crippen LogP contribution in [0.25, 0.3) is 0 Å². The molecule has 0 spiro atoms. The van der Waals surface area contributed by atoms with Crippen LogP contribution < -0.4 is 16.2 Å². The predicted molar refractivity (Wildman–Crippen MR) is 216 cm³/mol. The maximum absolute atomic E-state index is 14.5. The molecular weight excluding hydrogens is 762 g/mol. The van der Waals surface area contributed by atoms with Gasteiger partial charge in [0.2, 0.25) is 11.8 Å². The summed E-state index contributed by atoms with van der Waals surface area (Å²) in [5, 5.41) is 17.5. The zero-order valence-corrected chi connectivity index (χ0v) is 34.5. The quantitative estimate of drug-likeness (QED) is 0.194. The molecule has 316 valence electrons. The molecule has 0 unspecified atom stereocenters. The number of anilines is 1. The van der Waals surface area contributed by atoms with Crippen LogP contribution in [0.5, 0.6) is 0 Å². The van der Waals surface area contributed by atoms with E-state index in [-0.39, 0.29) is 48.3 Å². The minimum absolute atomic E-state index is 0.0152. The summed E-state index contributed by atoms with van der Waals surface area (Å²) in [5.41, 5.74) is -2.32. The predicted octanol–water partition coefficient (Wildman–Crippen LogP) is 6.23. The van der Waals surface area contributed by atoms with Gasteiger partial charge >= 0.3 is 13.3 Å². The summed E-state index contributed by atoms with van der Waals surface area (Å²) in [6.07, 6.45) is 0.594. The summed E-state index contributed by atoms with van der Waals surface area (Å²) >= 11 is 0. The number of carbonyl (C=O) groups is 2. The first-order chi connectivity index (χ1) is 27.8. The number of aromatic nitrogens is 2. The Balaban J connectivity index is 1.02. The van der Waals surface area contributed by atoms with Gasteiger partial charge < -0.3 is 29.9 Å². The first kappa shape index (κ1) is 41.5. The Bertz CT molecular complexity index is 2140. The molecule has 5 fully saturated rings. The van der Waals surface area contributed by atoms with Crippen molar-refractivity contribution in [3.8, 4) is 0 Å². The number of aliphatic hydroxyl groups is 1. The van der Waals surface area contributed by atoms with Crippen molar-refractivity contribution < 1.29 is 37.2 Å². The number of rotatable bonds is 11. The van der Waals surface area contributed by atoms with E-state index in [1.165, 1.54) is 22.9 Å². The van der Waals surface area contributed by atoms with Gasteiger partial charge in [-0.3, -0.25) is 19.0 Å². The van der Waals surface area contributed by atoms with Gasteiger partial charge in [-0.05, 0) is 86.0 Å². The molecular formula is C44H55BF3N5O6. The fraction of sp³-hybridized carbons (Fsp3) is 0.591. The molecule has 0 radical (unpaired) electrons. The number of carbonyl (C=O) groups excluding carboxylic acids is 2. The second-order valence-corrected chi connectivity index (χ2v) is 18.8. The van der Waals surface area contributed by atoms with Crippen LogP contribution in [0.2, 0.25) is 0 Å². The minimum atomic E-state index is -4.53. The lowest BCUT2D eigenvalue weighted by Gasteiger charge is -2.64. The molecule has 7 atom stereocenters. The number of benzene rings is 2. The molecule has 3 aliphatic carbocycles. The third kappa shape index (κ3) is 7.60. The normalized spacial score (nSPS) is 29.6. The van der Waals surface area contributed by atoms with Crippen LogP contribution in [-0.4, -0.2) is 74.8 Å². The number of halogens is 3. The van der Waals surface area contributed by atoms with E-state index in [1.54, 1.807) is 4.90 Å². The SMILES string of the molecule is CC[C@H](NC(=O)[C@@H]1C[C@@](C)(CC(=O)N2CCC(O)(Cc3ccccc3)CC2)c2ncc(NCc3cccc(C(F)(F)F)c3)c(=O)n21)B1O[C@@H]2C[C@@H]3C[C@@H](C3(C)C)[C@]2(C)O1. The number of hydrogen-bond acceptors (Lipinski definition) is 8. The van der Waals surface area contributed by atoms with Gasteiger partial charge in [-0.2, -0.15) is 13.2 Å². The Morgan fingerprint density at radius 2 is 1.75 bits per heavy atom. The average Bonchev–Trinajstić information content (AvgIpc) is 3.71. The highest BCUT2D eigenvalue weighted by Gasteiger charge is 2.68. The molecule has 2 saturated heterocycles. The van der Waals surface area contributed by atoms with Crippen molar-refractivity contribution in [2.75, 3.05) is 18.4 Å². The van der Waals surface area contributed by atoms with E-state index < -0.39 is 58.9 Å². The van der Waals surface area contributed by atoms with Crippen LogP contribution in [0.4, 0.5) is 18.9 Å². The van der Waals surface area contributed by atoms with Crippen LogP contribution in [0, 0.1) is 17.3 Å². The van der Waals surface area contributed by atoms with Crippen LogP contribution >= 0.6 is 0 Å². The van der Waals surface area contributed by atoms with Gasteiger partial charge in [0.05, 0.1) is 35.0 Å². The van der Waals surface area contributed by atoms with Crippen molar-refractivity contribution in [1.29, 1.82) is 0 Å². The van der Waals surface area contributed by atoms with E-state index in [9.17, 15) is 32.7 Å². The highest BCUT2D eigenvalue weighted by atomic mass is 19.4. The van der Waals surface area contributed by atoms with Gasteiger partial charge in [0.15, 0.2) is 0 Å². The fourth-order valence-electron chi connectivity index (χ4n) is 10.8. The van der Waals surface area contributed by atoms with Crippen molar-refractivity contribution in [2.45, 2.75) is 133 Å². The molecule has 3 N–H and O–H groups in total. The monoisotopic (exact) mass is 817 g/mol. The van der Waals surface area contributed by atoms with E-state index in [2.05, 4.69) is 36.4 Å². The maximum atomic E-state index is 14.5. The molecule has 15 heteroatoms. The molecule has 2 bridgehead atoms. The molecule has 3 aromatic rings. The second-order valence-electron chi connectivity index (χ2n) is 18.8. The summed E-state index contributed by atoms with van der Waals surface area (Å²) in [4.78, 5) is 49.4. The molecule has 2 aromatic carbocycles. The van der Waals surface area contributed by atoms with E-state index in [0.29, 0.717) is 56.2 Å². The third-order valence-electron chi connectivity index (χ3n) is 14.6. The van der Waals surface area contributed by atoms with E-state index in [1.807, 2.05) is 44.2 Å². The third-order valence-corrected chi connectivity index (χ3v) is 14.6. The number of amides is 2. The largest absolute Gasteiger partial charge is 0.481 e. The second kappa shape index (κ2) is 15.1. The molecule has 11 nitrogen and oxygen atoms in total. The molecule has 3 aliphatic heterocycles. The summed E-state index contributed by atoms with van der Waals surface area (Å²) < 4.78 is 54.9. The molecule has 1 aromatic heterocycles. The first-order valence-corrected chi connectivity index (χ1v) is 21.0. The Labute approximate surface area is 343 Å². The van der Waals surface area contributed by atoms with E-state index >= 15 is 0 Å². The van der Waals surface area contributed by atoms with Crippen LogP contribution in [0.1, 0.15) is 108 Å². The maximum Gasteiger partial charge on any atom is 0.481 e. The lowest BCUT2D eigenvalue weighted by molar-refractivity contribution is -0.199. The molecule has 9 rings (SSSR count). The van der Waals surface area contributed by atoms with Gasteiger partial charge in [-0.1, -0.05) is 70.2 Å². The van der Waals surface area contributed by atoms with Crippen LogP contribution in [-0.2, 0) is 43.5 Å². The lowest BCUT2D eigenvalue weighted by atomic mass is 9.43. The van der Waals surface area contributed by atoms with E-state index in [4.69, 9.17) is 9.31 Å². The standard InChI is InChI=1S/C44H55BF3N5O6/c1-6-35(45-58-34-21-30-20-33(40(30,2)3)42(34,5)59-45)51-37(55)32-23-41(4,24-36(54)52-17-15-43(57,16-18-52)22-27-11-8-7-9-12-27)39-50-26-31(38(56)53(32)39)49-25-28-13-10-14-29(19-28)44(46,47)48/h7-14,19,26,30,32-35,49,57H,6,15-18,20-25H2,1-5H3,(H,51,55)/t30-,32-,33-,34+,35-,41-,42-/m0/s1. The average molecular weight is 818 g/mol. The van der Waals surface area contributed by atoms with Crippen LogP contribution in [0.3, 0.4) is 0 Å². The number of piperidine rings is 1. The summed E-state index contributed by atoms with van der Waals surface area (Å²) in [6, 6.07) is 13.6. The number of hydrogen-bond donors (Lipinski definition) is 3. The number of nitrogens with one attached hydrogen (secondary N) is 2. The van der Waals surface area contributed by atoms with Crippen molar-refractivity contribution >= 4 is 24.6 Å². The smallest absolute Gasteiger partial charge is 0.404 e. The zero-order valence-electron chi connectivity index (χ0n) is 34.5. The highest BCUT2D eigenvalue weighted by molar-refractivity contribution is 6.47. The fourth-order valence-corrected chi connectivity index (χ4v) is 10.8. The Hall–Kier alpha value is -4.21. The number of likely N-dealkylation sites (tertiary alicyclic amines) is 1. The van der Waals surface area contributed by atoms with Crippen molar-refractivity contribution in [3.05, 3.63) is 93.7 Å². The van der Waals surface area contributed by atoms with Crippen molar-refractivity contribution in [3.63, 3.8) is 0 Å². The van der Waals surface area contributed by atoms with Gasteiger partial charge in [0.1, 0.15) is 17.6 Å². The Morgan fingerprint density at radius 3 is 2.42 bits per heavy atom. The zero-order chi connectivity index (χ0) is 42.1. The summed E-state index contributed by atoms with van der Waals surface area (Å²) in [5.74, 6) is 0.0459. The number of fused-ring (bicyclic) bond motifs is 1. The Kier molecular flexibility index (Phi) is 10.6. The summed E-state index contributed by atoms with van der Waals surface area (Å²) in [7, 11) is -0.683.